The third-order valence-electron chi connectivity index (χ3n) is 3.69. The van der Waals surface area contributed by atoms with Crippen LogP contribution in [0.25, 0.3) is 0 Å². The summed E-state index contributed by atoms with van der Waals surface area (Å²) in [6.07, 6.45) is -0.821. The van der Waals surface area contributed by atoms with E-state index in [0.29, 0.717) is 12.8 Å². The second-order valence-electron chi connectivity index (χ2n) is 5.39. The molecule has 2 rings (SSSR count). The summed E-state index contributed by atoms with van der Waals surface area (Å²) in [5.74, 6) is -0.347. The number of alkyl halides is 3. The number of hydrogen-bond acceptors (Lipinski definition) is 3. The molecule has 1 N–H and O–H groups in total. The van der Waals surface area contributed by atoms with Gasteiger partial charge in [0.15, 0.2) is 0 Å². The largest absolute Gasteiger partial charge is 0.490 e. The van der Waals surface area contributed by atoms with E-state index in [-0.39, 0.29) is 17.9 Å². The molecule has 114 valence electrons. The Morgan fingerprint density at radius 3 is 2.48 bits per heavy atom. The van der Waals surface area contributed by atoms with Crippen LogP contribution in [-0.4, -0.2) is 17.3 Å². The molecule has 1 aliphatic carbocycles. The molecule has 0 aliphatic heterocycles. The Bertz CT molecular complexity index is 543. The SMILES string of the molecule is N#Cc1ccc(OCC2(O)CCCCC2)c(C(F)(F)F)c1. The van der Waals surface area contributed by atoms with Crippen LogP contribution in [-0.2, 0) is 6.18 Å². The zero-order valence-electron chi connectivity index (χ0n) is 11.4. The van der Waals surface area contributed by atoms with Crippen molar-refractivity contribution in [2.45, 2.75) is 43.9 Å². The first-order valence-corrected chi connectivity index (χ1v) is 6.81. The van der Waals surface area contributed by atoms with E-state index in [0.717, 1.165) is 31.4 Å². The molecule has 0 saturated heterocycles. The normalized spacial score (nSPS) is 18.0. The number of nitrogens with zero attached hydrogens (tertiary/aromatic N) is 1. The van der Waals surface area contributed by atoms with Crippen molar-refractivity contribution in [1.29, 1.82) is 5.26 Å². The predicted octanol–water partition coefficient (Wildman–Crippen LogP) is 3.65. The molecule has 0 unspecified atom stereocenters. The van der Waals surface area contributed by atoms with Gasteiger partial charge in [0.05, 0.1) is 22.8 Å². The Kier molecular flexibility index (Phi) is 4.43. The topological polar surface area (TPSA) is 53.2 Å². The van der Waals surface area contributed by atoms with Crippen LogP contribution < -0.4 is 4.74 Å². The van der Waals surface area contributed by atoms with Crippen LogP contribution in [0.4, 0.5) is 13.2 Å². The van der Waals surface area contributed by atoms with Crippen molar-refractivity contribution in [2.24, 2.45) is 0 Å². The lowest BCUT2D eigenvalue weighted by Crippen LogP contribution is -2.38. The Morgan fingerprint density at radius 2 is 1.90 bits per heavy atom. The van der Waals surface area contributed by atoms with Gasteiger partial charge in [-0.05, 0) is 31.0 Å². The molecular weight excluding hydrogens is 283 g/mol. The van der Waals surface area contributed by atoms with E-state index < -0.39 is 17.3 Å². The van der Waals surface area contributed by atoms with Crippen LogP contribution in [0.15, 0.2) is 18.2 Å². The van der Waals surface area contributed by atoms with Crippen molar-refractivity contribution in [1.82, 2.24) is 0 Å². The third kappa shape index (κ3) is 3.88. The van der Waals surface area contributed by atoms with Crippen molar-refractivity contribution < 1.29 is 23.0 Å². The van der Waals surface area contributed by atoms with Crippen molar-refractivity contribution in [3.63, 3.8) is 0 Å². The van der Waals surface area contributed by atoms with Gasteiger partial charge in [0.25, 0.3) is 0 Å². The Balaban J connectivity index is 2.18. The van der Waals surface area contributed by atoms with Gasteiger partial charge in [-0.15, -0.1) is 0 Å². The molecule has 0 radical (unpaired) electrons. The number of halogens is 3. The highest BCUT2D eigenvalue weighted by molar-refractivity contribution is 5.43. The summed E-state index contributed by atoms with van der Waals surface area (Å²) in [6, 6.07) is 4.84. The fourth-order valence-electron chi connectivity index (χ4n) is 2.51. The third-order valence-corrected chi connectivity index (χ3v) is 3.69. The van der Waals surface area contributed by atoms with Gasteiger partial charge < -0.3 is 9.84 Å². The molecule has 1 aromatic rings. The maximum atomic E-state index is 13.0. The average Bonchev–Trinajstić information content (AvgIpc) is 2.45. The smallest absolute Gasteiger partial charge is 0.420 e. The van der Waals surface area contributed by atoms with E-state index in [4.69, 9.17) is 10.00 Å². The summed E-state index contributed by atoms with van der Waals surface area (Å²) < 4.78 is 44.1. The molecule has 0 heterocycles. The van der Waals surface area contributed by atoms with Crippen LogP contribution in [0.5, 0.6) is 5.75 Å². The minimum Gasteiger partial charge on any atom is -0.490 e. The molecule has 6 heteroatoms. The summed E-state index contributed by atoms with van der Waals surface area (Å²) in [6.45, 7) is -0.165. The molecule has 3 nitrogen and oxygen atoms in total. The molecule has 1 fully saturated rings. The quantitative estimate of drug-likeness (QED) is 0.927. The second kappa shape index (κ2) is 5.94. The Labute approximate surface area is 121 Å². The minimum absolute atomic E-state index is 0.0777. The van der Waals surface area contributed by atoms with E-state index >= 15 is 0 Å². The van der Waals surface area contributed by atoms with Crippen molar-refractivity contribution in [3.05, 3.63) is 29.3 Å². The zero-order valence-corrected chi connectivity index (χ0v) is 11.4. The van der Waals surface area contributed by atoms with E-state index in [2.05, 4.69) is 0 Å². The van der Waals surface area contributed by atoms with E-state index in [1.807, 2.05) is 0 Å². The highest BCUT2D eigenvalue weighted by atomic mass is 19.4. The Morgan fingerprint density at radius 1 is 1.24 bits per heavy atom. The summed E-state index contributed by atoms with van der Waals surface area (Å²) in [5.41, 5.74) is -2.12. The lowest BCUT2D eigenvalue weighted by atomic mass is 9.85. The number of rotatable bonds is 3. The van der Waals surface area contributed by atoms with Crippen LogP contribution in [0.3, 0.4) is 0 Å². The van der Waals surface area contributed by atoms with Crippen LogP contribution in [0.2, 0.25) is 0 Å². The summed E-state index contributed by atoms with van der Waals surface area (Å²) in [5, 5.41) is 19.0. The number of benzene rings is 1. The van der Waals surface area contributed by atoms with Gasteiger partial charge in [0.2, 0.25) is 0 Å². The first kappa shape index (κ1) is 15.6. The van der Waals surface area contributed by atoms with E-state index in [9.17, 15) is 18.3 Å². The molecule has 0 spiro atoms. The fraction of sp³-hybridized carbons (Fsp3) is 0.533. The first-order chi connectivity index (χ1) is 9.84. The van der Waals surface area contributed by atoms with Gasteiger partial charge in [0.1, 0.15) is 12.4 Å². The molecule has 1 saturated carbocycles. The maximum absolute atomic E-state index is 13.0. The molecular formula is C15H16F3NO2. The standard InChI is InChI=1S/C15H16F3NO2/c16-15(17,18)12-8-11(9-19)4-5-13(12)21-10-14(20)6-2-1-3-7-14/h4-5,8,20H,1-3,6-7,10H2. The van der Waals surface area contributed by atoms with Gasteiger partial charge >= 0.3 is 6.18 Å². The monoisotopic (exact) mass is 299 g/mol. The second-order valence-corrected chi connectivity index (χ2v) is 5.39. The molecule has 21 heavy (non-hydrogen) atoms. The predicted molar refractivity (Wildman–Crippen MR) is 69.7 cm³/mol. The van der Waals surface area contributed by atoms with Crippen molar-refractivity contribution in [2.75, 3.05) is 6.61 Å². The summed E-state index contributed by atoms with van der Waals surface area (Å²) >= 11 is 0. The summed E-state index contributed by atoms with van der Waals surface area (Å²) in [7, 11) is 0. The molecule has 0 aromatic heterocycles. The maximum Gasteiger partial charge on any atom is 0.420 e. The molecule has 0 atom stereocenters. The lowest BCUT2D eigenvalue weighted by molar-refractivity contribution is -0.139. The molecule has 0 amide bonds. The number of ether oxygens (including phenoxy) is 1. The number of aliphatic hydroxyl groups is 1. The van der Waals surface area contributed by atoms with Crippen LogP contribution in [0, 0.1) is 11.3 Å². The highest BCUT2D eigenvalue weighted by Gasteiger charge is 2.36. The van der Waals surface area contributed by atoms with Crippen molar-refractivity contribution >= 4 is 0 Å². The number of hydrogen-bond donors (Lipinski definition) is 1. The zero-order chi connectivity index (χ0) is 15.5. The average molecular weight is 299 g/mol. The minimum atomic E-state index is -4.60. The van der Waals surface area contributed by atoms with Gasteiger partial charge in [-0.3, -0.25) is 0 Å². The lowest BCUT2D eigenvalue weighted by Gasteiger charge is -2.32. The van der Waals surface area contributed by atoms with Gasteiger partial charge in [-0.2, -0.15) is 18.4 Å². The molecule has 0 bridgehead atoms. The van der Waals surface area contributed by atoms with E-state index in [1.54, 1.807) is 6.07 Å². The summed E-state index contributed by atoms with van der Waals surface area (Å²) in [4.78, 5) is 0. The van der Waals surface area contributed by atoms with E-state index in [1.165, 1.54) is 6.07 Å². The van der Waals surface area contributed by atoms with Gasteiger partial charge in [0, 0.05) is 0 Å². The van der Waals surface area contributed by atoms with Crippen LogP contribution in [0.1, 0.15) is 43.2 Å². The highest BCUT2D eigenvalue weighted by Crippen LogP contribution is 2.38. The fourth-order valence-corrected chi connectivity index (χ4v) is 2.51. The number of nitriles is 1. The Hall–Kier alpha value is -1.74. The van der Waals surface area contributed by atoms with Gasteiger partial charge in [-0.1, -0.05) is 19.3 Å². The molecule has 1 aliphatic rings. The first-order valence-electron chi connectivity index (χ1n) is 6.81. The molecule has 1 aromatic carbocycles. The van der Waals surface area contributed by atoms with Gasteiger partial charge in [-0.25, -0.2) is 0 Å². The van der Waals surface area contributed by atoms with Crippen molar-refractivity contribution in [3.8, 4) is 11.8 Å². The van der Waals surface area contributed by atoms with Crippen LogP contribution >= 0.6 is 0 Å².